The minimum Gasteiger partial charge on any atom is -0.336 e. The Balaban J connectivity index is 1.76. The lowest BCUT2D eigenvalue weighted by Crippen LogP contribution is -2.50. The predicted octanol–water partition coefficient (Wildman–Crippen LogP) is 3.35. The molecule has 0 unspecified atom stereocenters. The van der Waals surface area contributed by atoms with Crippen molar-refractivity contribution in [2.45, 2.75) is 18.7 Å². The predicted molar refractivity (Wildman–Crippen MR) is 105 cm³/mol. The molecule has 8 heteroatoms. The Bertz CT molecular complexity index is 986. The number of amides is 1. The largest absolute Gasteiger partial charge is 0.336 e. The number of carbonyl (C=O) groups is 1. The van der Waals surface area contributed by atoms with E-state index in [-0.39, 0.29) is 31.7 Å². The number of sulfonamides is 1. The molecular formula is C19H20BrFN2O3S. The summed E-state index contributed by atoms with van der Waals surface area (Å²) in [7, 11) is -3.63. The molecule has 1 aliphatic heterocycles. The van der Waals surface area contributed by atoms with Crippen molar-refractivity contribution in [1.29, 1.82) is 0 Å². The van der Waals surface area contributed by atoms with Crippen LogP contribution in [0.25, 0.3) is 0 Å². The number of halogens is 2. The highest BCUT2D eigenvalue weighted by Gasteiger charge is 2.32. The molecule has 1 amide bonds. The first-order valence-electron chi connectivity index (χ1n) is 8.52. The van der Waals surface area contributed by atoms with Gasteiger partial charge in [0.15, 0.2) is 0 Å². The van der Waals surface area contributed by atoms with Crippen molar-refractivity contribution in [1.82, 2.24) is 9.21 Å². The second-order valence-corrected chi connectivity index (χ2v) is 9.41. The van der Waals surface area contributed by atoms with Gasteiger partial charge in [0.25, 0.3) is 5.91 Å². The smallest absolute Gasteiger partial charge is 0.256 e. The third kappa shape index (κ3) is 4.07. The van der Waals surface area contributed by atoms with Crippen LogP contribution in [0.4, 0.5) is 4.39 Å². The van der Waals surface area contributed by atoms with E-state index >= 15 is 0 Å². The van der Waals surface area contributed by atoms with Crippen molar-refractivity contribution in [3.63, 3.8) is 0 Å². The van der Waals surface area contributed by atoms with Crippen LogP contribution in [0.15, 0.2) is 45.8 Å². The molecule has 1 saturated heterocycles. The normalized spacial score (nSPS) is 15.8. The van der Waals surface area contributed by atoms with E-state index in [1.54, 1.807) is 19.1 Å². The van der Waals surface area contributed by atoms with Crippen molar-refractivity contribution in [2.24, 2.45) is 0 Å². The molecule has 2 aromatic carbocycles. The number of nitrogens with zero attached hydrogens (tertiary/aromatic N) is 2. The number of hydrogen-bond acceptors (Lipinski definition) is 3. The molecule has 144 valence electrons. The fraction of sp³-hybridized carbons (Fsp3) is 0.316. The summed E-state index contributed by atoms with van der Waals surface area (Å²) < 4.78 is 41.9. The summed E-state index contributed by atoms with van der Waals surface area (Å²) in [4.78, 5) is 14.4. The van der Waals surface area contributed by atoms with Crippen LogP contribution in [0.2, 0.25) is 0 Å². The van der Waals surface area contributed by atoms with Crippen LogP contribution in [0, 0.1) is 19.7 Å². The molecule has 1 fully saturated rings. The number of rotatable bonds is 3. The van der Waals surface area contributed by atoms with Gasteiger partial charge in [-0.05, 0) is 49.2 Å². The summed E-state index contributed by atoms with van der Waals surface area (Å²) >= 11 is 3.24. The highest BCUT2D eigenvalue weighted by molar-refractivity contribution is 9.10. The average Bonchev–Trinajstić information content (AvgIpc) is 2.65. The molecule has 0 radical (unpaired) electrons. The molecule has 0 atom stereocenters. The van der Waals surface area contributed by atoms with E-state index in [1.807, 2.05) is 13.0 Å². The first-order chi connectivity index (χ1) is 12.7. The van der Waals surface area contributed by atoms with Gasteiger partial charge in [-0.25, -0.2) is 12.8 Å². The Hall–Kier alpha value is -1.77. The molecule has 0 saturated carbocycles. The third-order valence-electron chi connectivity index (χ3n) is 4.65. The van der Waals surface area contributed by atoms with Crippen LogP contribution in [0.5, 0.6) is 0 Å². The van der Waals surface area contributed by atoms with Crippen molar-refractivity contribution >= 4 is 31.9 Å². The Kier molecular flexibility index (Phi) is 5.69. The Morgan fingerprint density at radius 3 is 2.37 bits per heavy atom. The third-order valence-corrected chi connectivity index (χ3v) is 7.18. The van der Waals surface area contributed by atoms with Gasteiger partial charge in [-0.2, -0.15) is 4.31 Å². The van der Waals surface area contributed by atoms with Gasteiger partial charge >= 0.3 is 0 Å². The zero-order valence-electron chi connectivity index (χ0n) is 15.1. The maximum atomic E-state index is 14.0. The Labute approximate surface area is 167 Å². The second-order valence-electron chi connectivity index (χ2n) is 6.59. The highest BCUT2D eigenvalue weighted by Crippen LogP contribution is 2.23. The number of carbonyl (C=O) groups excluding carboxylic acids is 1. The summed E-state index contributed by atoms with van der Waals surface area (Å²) in [6, 6.07) is 9.53. The van der Waals surface area contributed by atoms with E-state index in [0.29, 0.717) is 14.9 Å². The molecule has 3 rings (SSSR count). The molecule has 0 bridgehead atoms. The summed E-state index contributed by atoms with van der Waals surface area (Å²) in [6.07, 6.45) is 0. The molecule has 1 heterocycles. The fourth-order valence-electron chi connectivity index (χ4n) is 3.09. The first kappa shape index (κ1) is 20.0. The van der Waals surface area contributed by atoms with E-state index in [2.05, 4.69) is 15.9 Å². The molecule has 0 aliphatic carbocycles. The van der Waals surface area contributed by atoms with Crippen LogP contribution in [0.3, 0.4) is 0 Å². The lowest BCUT2D eigenvalue weighted by Gasteiger charge is -2.34. The van der Waals surface area contributed by atoms with E-state index in [0.717, 1.165) is 5.56 Å². The van der Waals surface area contributed by atoms with E-state index in [1.165, 1.54) is 27.4 Å². The number of piperazine rings is 1. The fourth-order valence-corrected chi connectivity index (χ4v) is 5.18. The minimum absolute atomic E-state index is 0.0183. The lowest BCUT2D eigenvalue weighted by molar-refractivity contribution is 0.0693. The van der Waals surface area contributed by atoms with Crippen molar-refractivity contribution < 1.29 is 17.6 Å². The van der Waals surface area contributed by atoms with Gasteiger partial charge in [0.05, 0.1) is 10.5 Å². The van der Waals surface area contributed by atoms with Gasteiger partial charge in [-0.15, -0.1) is 0 Å². The maximum absolute atomic E-state index is 14.0. The zero-order valence-corrected chi connectivity index (χ0v) is 17.5. The number of hydrogen-bond donors (Lipinski definition) is 0. The molecule has 27 heavy (non-hydrogen) atoms. The molecule has 1 aliphatic rings. The summed E-state index contributed by atoms with van der Waals surface area (Å²) in [5.74, 6) is -1.02. The van der Waals surface area contributed by atoms with Crippen molar-refractivity contribution in [3.8, 4) is 0 Å². The van der Waals surface area contributed by atoms with Crippen molar-refractivity contribution in [2.75, 3.05) is 26.2 Å². The number of aryl methyl sites for hydroxylation is 2. The first-order valence-corrected chi connectivity index (χ1v) is 10.7. The topological polar surface area (TPSA) is 57.7 Å². The van der Waals surface area contributed by atoms with Gasteiger partial charge < -0.3 is 4.90 Å². The van der Waals surface area contributed by atoms with Crippen LogP contribution >= 0.6 is 15.9 Å². The minimum atomic E-state index is -3.63. The van der Waals surface area contributed by atoms with Gasteiger partial charge in [0, 0.05) is 30.7 Å². The van der Waals surface area contributed by atoms with Crippen LogP contribution in [-0.2, 0) is 10.0 Å². The second kappa shape index (κ2) is 7.69. The Morgan fingerprint density at radius 1 is 1.04 bits per heavy atom. The standard InChI is InChI=1S/C19H20BrFN2O3S/c1-13-3-4-14(2)18(11-13)27(25,26)23-9-7-22(8-10-23)19(24)16-12-15(20)5-6-17(16)21/h3-6,11-12H,7-10H2,1-2H3. The van der Waals surface area contributed by atoms with Gasteiger partial charge in [0.1, 0.15) is 5.82 Å². The van der Waals surface area contributed by atoms with Gasteiger partial charge in [-0.3, -0.25) is 4.79 Å². The van der Waals surface area contributed by atoms with E-state index < -0.39 is 21.7 Å². The van der Waals surface area contributed by atoms with E-state index in [9.17, 15) is 17.6 Å². The SMILES string of the molecule is Cc1ccc(C)c(S(=O)(=O)N2CCN(C(=O)c3cc(Br)ccc3F)CC2)c1. The maximum Gasteiger partial charge on any atom is 0.256 e. The van der Waals surface area contributed by atoms with Crippen molar-refractivity contribution in [3.05, 3.63) is 63.4 Å². The lowest BCUT2D eigenvalue weighted by atomic mass is 10.1. The summed E-state index contributed by atoms with van der Waals surface area (Å²) in [5.41, 5.74) is 1.55. The van der Waals surface area contributed by atoms with Crippen LogP contribution < -0.4 is 0 Å². The molecular weight excluding hydrogens is 435 g/mol. The average molecular weight is 455 g/mol. The summed E-state index contributed by atoms with van der Waals surface area (Å²) in [6.45, 7) is 4.40. The van der Waals surface area contributed by atoms with Gasteiger partial charge in [0.2, 0.25) is 10.0 Å². The highest BCUT2D eigenvalue weighted by atomic mass is 79.9. The summed E-state index contributed by atoms with van der Waals surface area (Å²) in [5, 5.41) is 0. The van der Waals surface area contributed by atoms with Crippen LogP contribution in [-0.4, -0.2) is 49.7 Å². The number of benzene rings is 2. The molecule has 0 N–H and O–H groups in total. The van der Waals surface area contributed by atoms with E-state index in [4.69, 9.17) is 0 Å². The quantitative estimate of drug-likeness (QED) is 0.714. The molecule has 0 spiro atoms. The molecule has 0 aromatic heterocycles. The Morgan fingerprint density at radius 2 is 1.70 bits per heavy atom. The molecule has 2 aromatic rings. The monoisotopic (exact) mass is 454 g/mol. The van der Waals surface area contributed by atoms with Gasteiger partial charge in [-0.1, -0.05) is 28.1 Å². The molecule has 5 nitrogen and oxygen atoms in total. The zero-order chi connectivity index (χ0) is 19.8. The van der Waals surface area contributed by atoms with Crippen LogP contribution in [0.1, 0.15) is 21.5 Å².